The number of rotatable bonds is 8. The van der Waals surface area contributed by atoms with Crippen molar-refractivity contribution in [2.24, 2.45) is 5.73 Å². The van der Waals surface area contributed by atoms with E-state index < -0.39 is 23.9 Å². The van der Waals surface area contributed by atoms with Gasteiger partial charge in [0, 0.05) is 58.1 Å². The number of fused-ring (bicyclic) bond motifs is 2. The molecule has 0 radical (unpaired) electrons. The Morgan fingerprint density at radius 3 is 1.95 bits per heavy atom. The lowest BCUT2D eigenvalue weighted by atomic mass is 9.99. The second-order valence-corrected chi connectivity index (χ2v) is 9.10. The molecule has 0 saturated carbocycles. The molecular formula is C25H28N2O8S2. The minimum atomic E-state index is -1.26. The average molecular weight is 549 g/mol. The van der Waals surface area contributed by atoms with E-state index in [1.807, 2.05) is 11.8 Å². The number of hydrogen-bond donors (Lipinski definition) is 6. The average Bonchev–Trinajstić information content (AvgIpc) is 3.01. The Balaban J connectivity index is 0.000000355. The first-order chi connectivity index (χ1) is 17.6. The highest BCUT2D eigenvalue weighted by Crippen LogP contribution is 2.41. The van der Waals surface area contributed by atoms with Crippen LogP contribution in [0.15, 0.2) is 81.5 Å². The Hall–Kier alpha value is -3.58. The van der Waals surface area contributed by atoms with Crippen LogP contribution in [-0.2, 0) is 25.6 Å². The lowest BCUT2D eigenvalue weighted by molar-refractivity contribution is -0.134. The van der Waals surface area contributed by atoms with E-state index in [9.17, 15) is 19.2 Å². The fourth-order valence-electron chi connectivity index (χ4n) is 2.96. The van der Waals surface area contributed by atoms with Crippen LogP contribution in [0.2, 0.25) is 0 Å². The Morgan fingerprint density at radius 2 is 1.46 bits per heavy atom. The van der Waals surface area contributed by atoms with Gasteiger partial charge in [0.05, 0.1) is 0 Å². The van der Waals surface area contributed by atoms with Crippen LogP contribution in [0.5, 0.6) is 0 Å². The molecule has 1 heterocycles. The first-order valence-electron chi connectivity index (χ1n) is 10.7. The summed E-state index contributed by atoms with van der Waals surface area (Å²) >= 11 is 3.68. The highest BCUT2D eigenvalue weighted by Gasteiger charge is 2.22. The van der Waals surface area contributed by atoms with Gasteiger partial charge in [0.15, 0.2) is 0 Å². The van der Waals surface area contributed by atoms with E-state index in [1.165, 1.54) is 25.8 Å². The largest absolute Gasteiger partial charge is 0.478 e. The monoisotopic (exact) mass is 548 g/mol. The summed E-state index contributed by atoms with van der Waals surface area (Å²) in [5, 5.41) is 34.9. The number of nitrogens with two attached hydrogens (primary N) is 1. The number of carbonyl (C=O) groups is 4. The van der Waals surface area contributed by atoms with Crippen molar-refractivity contribution in [1.29, 1.82) is 0 Å². The maximum absolute atomic E-state index is 9.55. The summed E-state index contributed by atoms with van der Waals surface area (Å²) < 4.78 is 0. The van der Waals surface area contributed by atoms with Crippen LogP contribution in [0.1, 0.15) is 17.2 Å². The molecule has 10 nitrogen and oxygen atoms in total. The summed E-state index contributed by atoms with van der Waals surface area (Å²) in [6.07, 6.45) is 5.38. The predicted molar refractivity (Wildman–Crippen MR) is 141 cm³/mol. The minimum Gasteiger partial charge on any atom is -0.478 e. The van der Waals surface area contributed by atoms with Gasteiger partial charge >= 0.3 is 23.9 Å². The molecule has 2 aromatic rings. The molecule has 0 saturated heterocycles. The van der Waals surface area contributed by atoms with Gasteiger partial charge in [-0.2, -0.15) is 0 Å². The Bertz CT molecular complexity index is 1090. The van der Waals surface area contributed by atoms with Crippen molar-refractivity contribution in [2.75, 3.05) is 19.3 Å². The summed E-state index contributed by atoms with van der Waals surface area (Å²) in [6.45, 7) is 1.52. The van der Waals surface area contributed by atoms with Crippen molar-refractivity contribution >= 4 is 47.4 Å². The molecule has 0 amide bonds. The van der Waals surface area contributed by atoms with Crippen molar-refractivity contribution in [2.45, 2.75) is 27.1 Å². The molecule has 37 heavy (non-hydrogen) atoms. The zero-order valence-corrected chi connectivity index (χ0v) is 21.5. The van der Waals surface area contributed by atoms with Gasteiger partial charge in [0.25, 0.3) is 0 Å². The predicted octanol–water partition coefficient (Wildman–Crippen LogP) is 3.13. The second kappa shape index (κ2) is 17.0. The maximum Gasteiger partial charge on any atom is 0.328 e. The van der Waals surface area contributed by atoms with Gasteiger partial charge in [-0.1, -0.05) is 30.0 Å². The number of thioether (sulfide) groups is 1. The van der Waals surface area contributed by atoms with Gasteiger partial charge in [-0.25, -0.2) is 19.2 Å². The molecule has 7 N–H and O–H groups in total. The van der Waals surface area contributed by atoms with Crippen molar-refractivity contribution < 1.29 is 39.6 Å². The zero-order valence-electron chi connectivity index (χ0n) is 19.9. The molecule has 2 aromatic carbocycles. The fraction of sp³-hybridized carbons (Fsp3) is 0.200. The van der Waals surface area contributed by atoms with Crippen LogP contribution < -0.4 is 11.1 Å². The van der Waals surface area contributed by atoms with Gasteiger partial charge in [-0.3, -0.25) is 0 Å². The van der Waals surface area contributed by atoms with Gasteiger partial charge in [-0.05, 0) is 48.1 Å². The molecule has 1 aliphatic rings. The molecule has 12 heteroatoms. The number of carboxylic acid groups (broad SMARTS) is 4. The Kier molecular flexibility index (Phi) is 14.4. The summed E-state index contributed by atoms with van der Waals surface area (Å²) in [6, 6.07) is 15.8. The molecule has 1 aliphatic heterocycles. The van der Waals surface area contributed by atoms with Crippen LogP contribution in [0.3, 0.4) is 0 Å². The molecule has 3 rings (SSSR count). The molecule has 1 atom stereocenters. The molecule has 0 fully saturated rings. The number of carboxylic acids is 4. The van der Waals surface area contributed by atoms with Crippen LogP contribution in [0, 0.1) is 0 Å². The van der Waals surface area contributed by atoms with Crippen molar-refractivity contribution in [3.63, 3.8) is 0 Å². The lowest BCUT2D eigenvalue weighted by Gasteiger charge is -2.19. The summed E-state index contributed by atoms with van der Waals surface area (Å²) in [4.78, 5) is 42.3. The smallest absolute Gasteiger partial charge is 0.328 e. The molecule has 0 bridgehead atoms. The number of hydrogen-bond acceptors (Lipinski definition) is 8. The second-order valence-electron chi connectivity index (χ2n) is 7.13. The summed E-state index contributed by atoms with van der Waals surface area (Å²) in [5.74, 6) is -5.03. The van der Waals surface area contributed by atoms with E-state index in [2.05, 4.69) is 54.0 Å². The Labute approximate surface area is 222 Å². The summed E-state index contributed by atoms with van der Waals surface area (Å²) in [5.41, 5.74) is 8.50. The van der Waals surface area contributed by atoms with Crippen LogP contribution in [0.4, 0.5) is 0 Å². The molecular weight excluding hydrogens is 520 g/mol. The van der Waals surface area contributed by atoms with E-state index in [0.717, 1.165) is 13.0 Å². The molecule has 1 unspecified atom stereocenters. The standard InChI is InChI=1S/C17H20N2S2.2C4H4O4/c1-20-13-6-7-17-14(11-13)15(19-9-8-18)10-12-4-2-3-5-16(12)21-17;2*5-3(6)1-2-4(7)8/h2-7,11,15,19H,8-10,18H2,1H3;2*1-2H,(H,5,6)(H,7,8)/b;2*2-1-. The van der Waals surface area contributed by atoms with Crippen molar-refractivity contribution in [3.8, 4) is 0 Å². The van der Waals surface area contributed by atoms with E-state index >= 15 is 0 Å². The first-order valence-corrected chi connectivity index (χ1v) is 12.8. The zero-order chi connectivity index (χ0) is 27.8. The highest BCUT2D eigenvalue weighted by atomic mass is 32.2. The number of nitrogens with one attached hydrogen (secondary N) is 1. The van der Waals surface area contributed by atoms with Crippen molar-refractivity contribution in [3.05, 3.63) is 77.9 Å². The fourth-order valence-corrected chi connectivity index (χ4v) is 4.53. The van der Waals surface area contributed by atoms with Crippen LogP contribution >= 0.6 is 23.5 Å². The Morgan fingerprint density at radius 1 is 0.919 bits per heavy atom. The van der Waals surface area contributed by atoms with Gasteiger partial charge in [0.2, 0.25) is 0 Å². The van der Waals surface area contributed by atoms with Gasteiger partial charge in [-0.15, -0.1) is 11.8 Å². The summed E-state index contributed by atoms with van der Waals surface area (Å²) in [7, 11) is 0. The topological polar surface area (TPSA) is 187 Å². The van der Waals surface area contributed by atoms with Crippen LogP contribution in [-0.4, -0.2) is 63.6 Å². The van der Waals surface area contributed by atoms with E-state index in [-0.39, 0.29) is 0 Å². The van der Waals surface area contributed by atoms with E-state index in [0.29, 0.717) is 36.9 Å². The minimum absolute atomic E-state index is 0.340. The van der Waals surface area contributed by atoms with Gasteiger partial charge < -0.3 is 31.5 Å². The third-order valence-electron chi connectivity index (χ3n) is 4.48. The van der Waals surface area contributed by atoms with Crippen molar-refractivity contribution in [1.82, 2.24) is 5.32 Å². The number of aliphatic carboxylic acids is 4. The van der Waals surface area contributed by atoms with Gasteiger partial charge in [0.1, 0.15) is 0 Å². The third-order valence-corrected chi connectivity index (χ3v) is 6.42. The lowest BCUT2D eigenvalue weighted by Crippen LogP contribution is -2.28. The number of benzene rings is 2. The van der Waals surface area contributed by atoms with E-state index in [4.69, 9.17) is 26.2 Å². The van der Waals surface area contributed by atoms with E-state index in [1.54, 1.807) is 11.8 Å². The highest BCUT2D eigenvalue weighted by molar-refractivity contribution is 7.99. The third kappa shape index (κ3) is 12.8. The SMILES string of the molecule is CSc1ccc2c(c1)C(NCCN)Cc1ccccc1S2.O=C(O)/C=C\C(=O)O.O=C(O)/C=C\C(=O)O. The molecule has 0 aliphatic carbocycles. The maximum atomic E-state index is 9.55. The first kappa shape index (κ1) is 31.4. The van der Waals surface area contributed by atoms with Crippen LogP contribution in [0.25, 0.3) is 0 Å². The molecule has 0 spiro atoms. The quantitative estimate of drug-likeness (QED) is 0.209. The molecule has 198 valence electrons. The normalized spacial score (nSPS) is 13.7. The molecule has 0 aromatic heterocycles.